The quantitative estimate of drug-likeness (QED) is 0.736. The lowest BCUT2D eigenvalue weighted by atomic mass is 9.78. The van der Waals surface area contributed by atoms with Gasteiger partial charge < -0.3 is 5.11 Å². The van der Waals surface area contributed by atoms with Gasteiger partial charge in [-0.05, 0) is 25.2 Å². The van der Waals surface area contributed by atoms with Crippen LogP contribution in [0.4, 0.5) is 0 Å². The van der Waals surface area contributed by atoms with Gasteiger partial charge in [0.25, 0.3) is 0 Å². The molecule has 4 heteroatoms. The van der Waals surface area contributed by atoms with Crippen molar-refractivity contribution in [3.05, 3.63) is 0 Å². The number of carbonyl (C=O) groups excluding carboxylic acids is 2. The first-order chi connectivity index (χ1) is 8.36. The predicted molar refractivity (Wildman–Crippen MR) is 69.8 cm³/mol. The molecule has 0 spiro atoms. The van der Waals surface area contributed by atoms with Gasteiger partial charge in [0.05, 0.1) is 5.41 Å². The van der Waals surface area contributed by atoms with E-state index in [-0.39, 0.29) is 30.3 Å². The fourth-order valence-electron chi connectivity index (χ4n) is 2.41. The van der Waals surface area contributed by atoms with Gasteiger partial charge in [-0.1, -0.05) is 27.2 Å². The van der Waals surface area contributed by atoms with Gasteiger partial charge in [0, 0.05) is 19.6 Å². The van der Waals surface area contributed by atoms with Crippen molar-refractivity contribution < 1.29 is 14.7 Å². The van der Waals surface area contributed by atoms with E-state index in [0.29, 0.717) is 19.4 Å². The SMILES string of the molecule is CCC(CCO)CN1C(=O)CC(C)(C(C)C)C1=O. The van der Waals surface area contributed by atoms with Crippen LogP contribution in [0.2, 0.25) is 0 Å². The van der Waals surface area contributed by atoms with Crippen LogP contribution >= 0.6 is 0 Å². The third-order valence-corrected chi connectivity index (χ3v) is 4.38. The van der Waals surface area contributed by atoms with Crippen molar-refractivity contribution in [3.8, 4) is 0 Å². The minimum absolute atomic E-state index is 0.0427. The number of rotatable bonds is 6. The number of aliphatic hydroxyl groups is 1. The summed E-state index contributed by atoms with van der Waals surface area (Å²) in [5.41, 5.74) is -0.547. The topological polar surface area (TPSA) is 57.6 Å². The van der Waals surface area contributed by atoms with Crippen LogP contribution < -0.4 is 0 Å². The molecule has 1 N–H and O–H groups in total. The molecule has 0 aromatic heterocycles. The summed E-state index contributed by atoms with van der Waals surface area (Å²) in [6.07, 6.45) is 1.83. The van der Waals surface area contributed by atoms with Gasteiger partial charge in [0.15, 0.2) is 0 Å². The Bertz CT molecular complexity index is 327. The van der Waals surface area contributed by atoms with E-state index in [0.717, 1.165) is 6.42 Å². The second kappa shape index (κ2) is 5.83. The fraction of sp³-hybridized carbons (Fsp3) is 0.857. The predicted octanol–water partition coefficient (Wildman–Crippen LogP) is 1.82. The van der Waals surface area contributed by atoms with Crippen LogP contribution in [0.3, 0.4) is 0 Å². The highest BCUT2D eigenvalue weighted by Crippen LogP contribution is 2.39. The van der Waals surface area contributed by atoms with Gasteiger partial charge >= 0.3 is 0 Å². The molecule has 1 aliphatic heterocycles. The van der Waals surface area contributed by atoms with Crippen molar-refractivity contribution >= 4 is 11.8 Å². The van der Waals surface area contributed by atoms with E-state index >= 15 is 0 Å². The van der Waals surface area contributed by atoms with Crippen LogP contribution in [0.1, 0.15) is 47.0 Å². The zero-order valence-electron chi connectivity index (χ0n) is 11.9. The molecule has 0 saturated carbocycles. The highest BCUT2D eigenvalue weighted by atomic mass is 16.3. The minimum atomic E-state index is -0.547. The van der Waals surface area contributed by atoms with Crippen molar-refractivity contribution in [1.82, 2.24) is 4.90 Å². The number of aliphatic hydroxyl groups excluding tert-OH is 1. The van der Waals surface area contributed by atoms with Crippen molar-refractivity contribution in [2.75, 3.05) is 13.2 Å². The lowest BCUT2D eigenvalue weighted by molar-refractivity contribution is -0.142. The van der Waals surface area contributed by atoms with Crippen molar-refractivity contribution in [2.45, 2.75) is 47.0 Å². The van der Waals surface area contributed by atoms with Crippen LogP contribution in [0.15, 0.2) is 0 Å². The van der Waals surface area contributed by atoms with E-state index in [2.05, 4.69) is 0 Å². The van der Waals surface area contributed by atoms with Crippen LogP contribution in [-0.2, 0) is 9.59 Å². The molecule has 1 aliphatic rings. The summed E-state index contributed by atoms with van der Waals surface area (Å²) >= 11 is 0. The van der Waals surface area contributed by atoms with Crippen LogP contribution in [0.5, 0.6) is 0 Å². The highest BCUT2D eigenvalue weighted by molar-refractivity contribution is 6.05. The number of hydrogen-bond donors (Lipinski definition) is 1. The normalized spacial score (nSPS) is 26.2. The third-order valence-electron chi connectivity index (χ3n) is 4.38. The lowest BCUT2D eigenvalue weighted by Crippen LogP contribution is -2.39. The van der Waals surface area contributed by atoms with E-state index in [1.807, 2.05) is 27.7 Å². The van der Waals surface area contributed by atoms with E-state index in [1.54, 1.807) is 0 Å². The summed E-state index contributed by atoms with van der Waals surface area (Å²) in [5, 5.41) is 8.98. The molecule has 2 amide bonds. The molecule has 2 unspecified atom stereocenters. The maximum Gasteiger partial charge on any atom is 0.235 e. The molecule has 18 heavy (non-hydrogen) atoms. The average molecular weight is 255 g/mol. The Labute approximate surface area is 109 Å². The molecule has 0 aromatic carbocycles. The fourth-order valence-corrected chi connectivity index (χ4v) is 2.41. The summed E-state index contributed by atoms with van der Waals surface area (Å²) in [7, 11) is 0. The van der Waals surface area contributed by atoms with Crippen LogP contribution in [-0.4, -0.2) is 35.0 Å². The summed E-state index contributed by atoms with van der Waals surface area (Å²) in [6, 6.07) is 0. The molecule has 0 bridgehead atoms. The Morgan fingerprint density at radius 2 is 2.00 bits per heavy atom. The van der Waals surface area contributed by atoms with Crippen LogP contribution in [0, 0.1) is 17.3 Å². The number of carbonyl (C=O) groups is 2. The molecule has 2 atom stereocenters. The summed E-state index contributed by atoms with van der Waals surface area (Å²) < 4.78 is 0. The number of hydrogen-bond acceptors (Lipinski definition) is 3. The molecular formula is C14H25NO3. The first-order valence-corrected chi connectivity index (χ1v) is 6.82. The van der Waals surface area contributed by atoms with E-state index in [4.69, 9.17) is 5.11 Å². The molecule has 1 saturated heterocycles. The Kier molecular flexibility index (Phi) is 4.91. The largest absolute Gasteiger partial charge is 0.396 e. The number of imide groups is 1. The summed E-state index contributed by atoms with van der Waals surface area (Å²) in [4.78, 5) is 25.8. The molecule has 1 heterocycles. The number of amides is 2. The lowest BCUT2D eigenvalue weighted by Gasteiger charge is -2.27. The van der Waals surface area contributed by atoms with Gasteiger partial charge in [0.2, 0.25) is 11.8 Å². The minimum Gasteiger partial charge on any atom is -0.396 e. The summed E-state index contributed by atoms with van der Waals surface area (Å²) in [5.74, 6) is 0.265. The molecule has 104 valence electrons. The van der Waals surface area contributed by atoms with E-state index in [9.17, 15) is 9.59 Å². The van der Waals surface area contributed by atoms with Gasteiger partial charge in [-0.25, -0.2) is 0 Å². The average Bonchev–Trinajstić information content (AvgIpc) is 2.53. The smallest absolute Gasteiger partial charge is 0.235 e. The second-order valence-electron chi connectivity index (χ2n) is 5.84. The third kappa shape index (κ3) is 2.74. The highest BCUT2D eigenvalue weighted by Gasteiger charge is 2.50. The second-order valence-corrected chi connectivity index (χ2v) is 5.84. The molecule has 0 aliphatic carbocycles. The molecule has 1 rings (SSSR count). The maximum atomic E-state index is 12.4. The monoisotopic (exact) mass is 255 g/mol. The van der Waals surface area contributed by atoms with Gasteiger partial charge in [0.1, 0.15) is 0 Å². The Morgan fingerprint density at radius 3 is 2.39 bits per heavy atom. The van der Waals surface area contributed by atoms with Crippen molar-refractivity contribution in [1.29, 1.82) is 0 Å². The number of nitrogens with zero attached hydrogens (tertiary/aromatic N) is 1. The van der Waals surface area contributed by atoms with Crippen molar-refractivity contribution in [2.24, 2.45) is 17.3 Å². The molecule has 0 radical (unpaired) electrons. The Morgan fingerprint density at radius 1 is 1.39 bits per heavy atom. The first-order valence-electron chi connectivity index (χ1n) is 6.82. The van der Waals surface area contributed by atoms with Crippen LogP contribution in [0.25, 0.3) is 0 Å². The Balaban J connectivity index is 2.79. The molecule has 0 aromatic rings. The maximum absolute atomic E-state index is 12.4. The standard InChI is InChI=1S/C14H25NO3/c1-5-11(6-7-16)9-15-12(17)8-14(4,10(2)3)13(15)18/h10-11,16H,5-9H2,1-4H3. The zero-order chi connectivity index (χ0) is 13.9. The van der Waals surface area contributed by atoms with Gasteiger partial charge in [-0.15, -0.1) is 0 Å². The molecule has 4 nitrogen and oxygen atoms in total. The number of likely N-dealkylation sites (tertiary alicyclic amines) is 1. The zero-order valence-corrected chi connectivity index (χ0v) is 11.9. The Hall–Kier alpha value is -0.900. The van der Waals surface area contributed by atoms with Gasteiger partial charge in [-0.2, -0.15) is 0 Å². The molecule has 1 fully saturated rings. The first kappa shape index (κ1) is 15.2. The van der Waals surface area contributed by atoms with E-state index in [1.165, 1.54) is 4.90 Å². The molecular weight excluding hydrogens is 230 g/mol. The van der Waals surface area contributed by atoms with E-state index < -0.39 is 5.41 Å². The van der Waals surface area contributed by atoms with Gasteiger partial charge in [-0.3, -0.25) is 14.5 Å². The van der Waals surface area contributed by atoms with Crippen molar-refractivity contribution in [3.63, 3.8) is 0 Å². The summed E-state index contributed by atoms with van der Waals surface area (Å²) in [6.45, 7) is 8.44.